The highest BCUT2D eigenvalue weighted by Gasteiger charge is 2.23. The SMILES string of the molecule is C=C(C(=O)OCc1ccc(Cl)s1)C(CO)c1nccs1. The maximum absolute atomic E-state index is 11.9. The van der Waals surface area contributed by atoms with Gasteiger partial charge in [0.05, 0.1) is 16.9 Å². The van der Waals surface area contributed by atoms with Gasteiger partial charge >= 0.3 is 5.97 Å². The molecule has 2 rings (SSSR count). The minimum absolute atomic E-state index is 0.144. The molecule has 2 aromatic heterocycles. The summed E-state index contributed by atoms with van der Waals surface area (Å²) in [5, 5.41) is 11.8. The lowest BCUT2D eigenvalue weighted by Crippen LogP contribution is -2.16. The van der Waals surface area contributed by atoms with Gasteiger partial charge in [-0.2, -0.15) is 0 Å². The predicted octanol–water partition coefficient (Wildman–Crippen LogP) is 3.23. The molecule has 1 N–H and O–H groups in total. The van der Waals surface area contributed by atoms with Crippen molar-refractivity contribution >= 4 is 40.2 Å². The van der Waals surface area contributed by atoms with Crippen LogP contribution in [0.5, 0.6) is 0 Å². The third-order valence-electron chi connectivity index (χ3n) is 2.59. The van der Waals surface area contributed by atoms with Crippen LogP contribution in [0, 0.1) is 0 Å². The number of thiophene rings is 1. The zero-order valence-electron chi connectivity index (χ0n) is 10.4. The average molecular weight is 330 g/mol. The number of rotatable bonds is 6. The Morgan fingerprint density at radius 1 is 1.55 bits per heavy atom. The fourth-order valence-corrected chi connectivity index (χ4v) is 3.31. The number of aromatic nitrogens is 1. The molecule has 20 heavy (non-hydrogen) atoms. The first-order chi connectivity index (χ1) is 9.61. The van der Waals surface area contributed by atoms with Crippen molar-refractivity contribution in [2.75, 3.05) is 6.61 Å². The third-order valence-corrected chi connectivity index (χ3v) is 4.68. The maximum Gasteiger partial charge on any atom is 0.334 e. The summed E-state index contributed by atoms with van der Waals surface area (Å²) in [6.45, 7) is 3.62. The number of nitrogens with zero attached hydrogens (tertiary/aromatic N) is 1. The number of carbonyl (C=O) groups excluding carboxylic acids is 1. The summed E-state index contributed by atoms with van der Waals surface area (Å²) in [6, 6.07) is 3.55. The number of halogens is 1. The first kappa shape index (κ1) is 15.2. The summed E-state index contributed by atoms with van der Waals surface area (Å²) in [4.78, 5) is 16.9. The van der Waals surface area contributed by atoms with Gasteiger partial charge in [0.2, 0.25) is 0 Å². The number of carbonyl (C=O) groups is 1. The molecule has 2 heterocycles. The van der Waals surface area contributed by atoms with E-state index in [1.165, 1.54) is 22.7 Å². The predicted molar refractivity (Wildman–Crippen MR) is 80.2 cm³/mol. The number of hydrogen-bond acceptors (Lipinski definition) is 6. The molecule has 0 radical (unpaired) electrons. The van der Waals surface area contributed by atoms with E-state index in [1.807, 2.05) is 0 Å². The summed E-state index contributed by atoms with van der Waals surface area (Å²) in [6.07, 6.45) is 1.62. The molecule has 0 saturated carbocycles. The third kappa shape index (κ3) is 3.67. The van der Waals surface area contributed by atoms with Gasteiger partial charge in [0, 0.05) is 22.0 Å². The zero-order chi connectivity index (χ0) is 14.5. The van der Waals surface area contributed by atoms with Crippen LogP contribution >= 0.6 is 34.3 Å². The summed E-state index contributed by atoms with van der Waals surface area (Å²) in [5.41, 5.74) is 0.199. The summed E-state index contributed by atoms with van der Waals surface area (Å²) in [5.74, 6) is -1.06. The Labute approximate surface area is 129 Å². The zero-order valence-corrected chi connectivity index (χ0v) is 12.8. The van der Waals surface area contributed by atoms with Crippen molar-refractivity contribution in [3.05, 3.63) is 50.1 Å². The van der Waals surface area contributed by atoms with Crippen LogP contribution in [0.1, 0.15) is 15.8 Å². The Morgan fingerprint density at radius 2 is 2.35 bits per heavy atom. The van der Waals surface area contributed by atoms with E-state index in [0.29, 0.717) is 9.34 Å². The summed E-state index contributed by atoms with van der Waals surface area (Å²) < 4.78 is 5.81. The van der Waals surface area contributed by atoms with Crippen molar-refractivity contribution < 1.29 is 14.6 Å². The van der Waals surface area contributed by atoms with Crippen LogP contribution in [0.3, 0.4) is 0 Å². The monoisotopic (exact) mass is 329 g/mol. The van der Waals surface area contributed by atoms with Gasteiger partial charge in [-0.1, -0.05) is 18.2 Å². The molecule has 0 fully saturated rings. The van der Waals surface area contributed by atoms with E-state index in [9.17, 15) is 9.90 Å². The Balaban J connectivity index is 1.96. The van der Waals surface area contributed by atoms with Crippen molar-refractivity contribution in [3.8, 4) is 0 Å². The highest BCUT2D eigenvalue weighted by atomic mass is 35.5. The molecule has 106 valence electrons. The molecule has 0 aromatic carbocycles. The number of aliphatic hydroxyl groups excluding tert-OH is 1. The fraction of sp³-hybridized carbons (Fsp3) is 0.231. The Bertz CT molecular complexity index is 595. The molecule has 0 bridgehead atoms. The molecule has 0 spiro atoms. The quantitative estimate of drug-likeness (QED) is 0.653. The number of esters is 1. The number of hydrogen-bond donors (Lipinski definition) is 1. The van der Waals surface area contributed by atoms with E-state index in [1.54, 1.807) is 23.7 Å². The average Bonchev–Trinajstić information content (AvgIpc) is 3.08. The highest BCUT2D eigenvalue weighted by molar-refractivity contribution is 7.16. The van der Waals surface area contributed by atoms with Gasteiger partial charge in [0.25, 0.3) is 0 Å². The highest BCUT2D eigenvalue weighted by Crippen LogP contribution is 2.26. The summed E-state index contributed by atoms with van der Waals surface area (Å²) >= 11 is 8.52. The number of thiazole rings is 1. The molecule has 4 nitrogen and oxygen atoms in total. The molecule has 0 aliphatic carbocycles. The van der Waals surface area contributed by atoms with Crippen LogP contribution in [-0.2, 0) is 16.1 Å². The van der Waals surface area contributed by atoms with E-state index in [-0.39, 0.29) is 18.8 Å². The van der Waals surface area contributed by atoms with Crippen molar-refractivity contribution in [2.45, 2.75) is 12.5 Å². The van der Waals surface area contributed by atoms with Crippen molar-refractivity contribution in [3.63, 3.8) is 0 Å². The molecule has 0 saturated heterocycles. The molecular formula is C13H12ClNO3S2. The van der Waals surface area contributed by atoms with Crippen molar-refractivity contribution in [1.29, 1.82) is 0 Å². The Kier molecular flexibility index (Phi) is 5.31. The van der Waals surface area contributed by atoms with Gasteiger partial charge in [-0.25, -0.2) is 9.78 Å². The Hall–Kier alpha value is -1.21. The molecule has 0 aliphatic rings. The van der Waals surface area contributed by atoms with Crippen LogP contribution in [0.4, 0.5) is 0 Å². The minimum atomic E-state index is -0.538. The lowest BCUT2D eigenvalue weighted by molar-refractivity contribution is -0.140. The van der Waals surface area contributed by atoms with Crippen LogP contribution in [0.15, 0.2) is 35.9 Å². The number of ether oxygens (including phenoxy) is 1. The van der Waals surface area contributed by atoms with Gasteiger partial charge in [0.1, 0.15) is 11.6 Å². The van der Waals surface area contributed by atoms with Crippen molar-refractivity contribution in [2.24, 2.45) is 0 Å². The topological polar surface area (TPSA) is 59.4 Å². The number of aliphatic hydroxyl groups is 1. The van der Waals surface area contributed by atoms with Gasteiger partial charge in [0.15, 0.2) is 0 Å². The Morgan fingerprint density at radius 3 is 2.90 bits per heavy atom. The molecule has 0 amide bonds. The first-order valence-corrected chi connectivity index (χ1v) is 7.79. The molecule has 7 heteroatoms. The molecule has 0 aliphatic heterocycles. The van der Waals surface area contributed by atoms with E-state index in [2.05, 4.69) is 11.6 Å². The maximum atomic E-state index is 11.9. The van der Waals surface area contributed by atoms with Gasteiger partial charge in [-0.15, -0.1) is 22.7 Å². The van der Waals surface area contributed by atoms with E-state index >= 15 is 0 Å². The van der Waals surface area contributed by atoms with Crippen LogP contribution < -0.4 is 0 Å². The lowest BCUT2D eigenvalue weighted by Gasteiger charge is -2.13. The van der Waals surface area contributed by atoms with Gasteiger partial charge < -0.3 is 9.84 Å². The fourth-order valence-electron chi connectivity index (χ4n) is 1.54. The van der Waals surface area contributed by atoms with E-state index in [4.69, 9.17) is 16.3 Å². The molecule has 2 aromatic rings. The van der Waals surface area contributed by atoms with Gasteiger partial charge in [-0.3, -0.25) is 0 Å². The second-order valence-corrected chi connectivity index (χ2v) is 6.64. The molecular weight excluding hydrogens is 318 g/mol. The largest absolute Gasteiger partial charge is 0.457 e. The standard InChI is InChI=1S/C13H12ClNO3S2/c1-8(10(6-16)12-15-4-5-19-12)13(17)18-7-9-2-3-11(14)20-9/h2-5,10,16H,1,6-7H2. The van der Waals surface area contributed by atoms with E-state index < -0.39 is 11.9 Å². The van der Waals surface area contributed by atoms with Crippen LogP contribution in [0.2, 0.25) is 4.34 Å². The lowest BCUT2D eigenvalue weighted by atomic mass is 10.0. The molecule has 1 atom stereocenters. The van der Waals surface area contributed by atoms with Crippen LogP contribution in [-0.4, -0.2) is 22.7 Å². The second kappa shape index (κ2) is 6.99. The second-order valence-electron chi connectivity index (χ2n) is 3.91. The van der Waals surface area contributed by atoms with Crippen LogP contribution in [0.25, 0.3) is 0 Å². The normalized spacial score (nSPS) is 12.1. The van der Waals surface area contributed by atoms with E-state index in [0.717, 1.165) is 4.88 Å². The summed E-state index contributed by atoms with van der Waals surface area (Å²) in [7, 11) is 0. The van der Waals surface area contributed by atoms with Crippen molar-refractivity contribution in [1.82, 2.24) is 4.98 Å². The van der Waals surface area contributed by atoms with Gasteiger partial charge in [-0.05, 0) is 12.1 Å². The smallest absolute Gasteiger partial charge is 0.334 e. The first-order valence-electron chi connectivity index (χ1n) is 5.72. The molecule has 1 unspecified atom stereocenters. The minimum Gasteiger partial charge on any atom is -0.457 e.